The van der Waals surface area contributed by atoms with Gasteiger partial charge in [0.1, 0.15) is 12.6 Å². The van der Waals surface area contributed by atoms with Crippen LogP contribution in [-0.2, 0) is 37.5 Å². The van der Waals surface area contributed by atoms with Crippen LogP contribution in [0.15, 0.2) is 48.6 Å². The number of unbranched alkanes of at least 4 members (excludes halogenated alkanes) is 25. The second kappa shape index (κ2) is 46.0. The van der Waals surface area contributed by atoms with Crippen molar-refractivity contribution in [1.82, 2.24) is 0 Å². The molecule has 63 heavy (non-hydrogen) atoms. The van der Waals surface area contributed by atoms with E-state index < -0.39 is 51.1 Å². The van der Waals surface area contributed by atoms with Gasteiger partial charge in [0, 0.05) is 12.8 Å². The molecule has 0 aliphatic carbocycles. The van der Waals surface area contributed by atoms with Crippen molar-refractivity contribution >= 4 is 25.7 Å². The number of hydrogen-bond acceptors (Lipinski definition) is 9. The lowest BCUT2D eigenvalue weighted by Gasteiger charge is -2.20. The lowest BCUT2D eigenvalue weighted by molar-refractivity contribution is -0.161. The van der Waals surface area contributed by atoms with Gasteiger partial charge in [-0.25, -0.2) is 4.57 Å². The van der Waals surface area contributed by atoms with E-state index in [9.17, 15) is 23.8 Å². The van der Waals surface area contributed by atoms with Crippen LogP contribution in [0.3, 0.4) is 0 Å². The van der Waals surface area contributed by atoms with Crippen molar-refractivity contribution in [1.29, 1.82) is 0 Å². The highest BCUT2D eigenvalue weighted by atomic mass is 31.2. The molecule has 0 amide bonds. The fraction of sp³-hybridized carbons (Fsp3) is 0.784. The minimum absolute atomic E-state index is 0.154. The zero-order valence-electron chi connectivity index (χ0n) is 39.9. The van der Waals surface area contributed by atoms with Gasteiger partial charge in [0.2, 0.25) is 0 Å². The smallest absolute Gasteiger partial charge is 0.472 e. The second-order valence-corrected chi connectivity index (χ2v) is 18.4. The summed E-state index contributed by atoms with van der Waals surface area (Å²) in [7, 11) is -4.73. The Bertz CT molecular complexity index is 1250. The number of rotatable bonds is 47. The maximum Gasteiger partial charge on any atom is 0.472 e. The van der Waals surface area contributed by atoms with Crippen LogP contribution in [0.4, 0.5) is 0 Å². The predicted molar refractivity (Wildman–Crippen MR) is 258 cm³/mol. The summed E-state index contributed by atoms with van der Waals surface area (Å²) in [6, 6.07) is -1.52. The van der Waals surface area contributed by atoms with Crippen LogP contribution >= 0.6 is 7.82 Å². The molecule has 0 heterocycles. The van der Waals surface area contributed by atoms with Crippen LogP contribution in [0.5, 0.6) is 0 Å². The van der Waals surface area contributed by atoms with Crippen molar-refractivity contribution in [2.24, 2.45) is 5.73 Å². The van der Waals surface area contributed by atoms with E-state index in [0.29, 0.717) is 12.8 Å². The Morgan fingerprint density at radius 2 is 0.841 bits per heavy atom. The molecule has 3 atom stereocenters. The van der Waals surface area contributed by atoms with E-state index in [0.717, 1.165) is 64.2 Å². The zero-order chi connectivity index (χ0) is 46.3. The summed E-state index contributed by atoms with van der Waals surface area (Å²) < 4.78 is 32.8. The van der Waals surface area contributed by atoms with Gasteiger partial charge in [-0.1, -0.05) is 184 Å². The van der Waals surface area contributed by atoms with Crippen molar-refractivity contribution in [2.75, 3.05) is 19.8 Å². The third kappa shape index (κ3) is 45.8. The average molecular weight is 910 g/mol. The summed E-state index contributed by atoms with van der Waals surface area (Å²) in [6.45, 7) is 2.79. The number of aliphatic carboxylic acids is 1. The van der Waals surface area contributed by atoms with E-state index in [4.69, 9.17) is 24.8 Å². The van der Waals surface area contributed by atoms with Crippen LogP contribution in [0.2, 0.25) is 0 Å². The number of carbonyl (C=O) groups excluding carboxylic acids is 2. The zero-order valence-corrected chi connectivity index (χ0v) is 40.8. The predicted octanol–water partition coefficient (Wildman–Crippen LogP) is 14.1. The highest BCUT2D eigenvalue weighted by Crippen LogP contribution is 2.43. The monoisotopic (exact) mass is 910 g/mol. The van der Waals surface area contributed by atoms with Crippen molar-refractivity contribution in [2.45, 2.75) is 238 Å². The topological polar surface area (TPSA) is 172 Å². The molecule has 0 saturated carbocycles. The maximum atomic E-state index is 12.7. The number of allylic oxidation sites excluding steroid dienone is 8. The van der Waals surface area contributed by atoms with Crippen molar-refractivity contribution in [3.05, 3.63) is 48.6 Å². The molecule has 0 fully saturated rings. The Morgan fingerprint density at radius 3 is 1.25 bits per heavy atom. The number of hydrogen-bond donors (Lipinski definition) is 3. The number of carboxylic acids is 1. The summed E-state index contributed by atoms with van der Waals surface area (Å²) in [5.41, 5.74) is 5.35. The largest absolute Gasteiger partial charge is 0.480 e. The summed E-state index contributed by atoms with van der Waals surface area (Å²) in [6.07, 6.45) is 53.1. The third-order valence-electron chi connectivity index (χ3n) is 10.8. The highest BCUT2D eigenvalue weighted by Gasteiger charge is 2.28. The number of phosphoric ester groups is 1. The molecule has 0 bridgehead atoms. The summed E-state index contributed by atoms with van der Waals surface area (Å²) >= 11 is 0. The van der Waals surface area contributed by atoms with Gasteiger partial charge in [-0.05, 0) is 77.0 Å². The first-order valence-corrected chi connectivity index (χ1v) is 26.7. The van der Waals surface area contributed by atoms with Gasteiger partial charge in [-0.3, -0.25) is 23.4 Å². The maximum absolute atomic E-state index is 12.7. The van der Waals surface area contributed by atoms with Gasteiger partial charge < -0.3 is 25.2 Å². The van der Waals surface area contributed by atoms with E-state index in [1.54, 1.807) is 0 Å². The molecule has 4 N–H and O–H groups in total. The fourth-order valence-electron chi connectivity index (χ4n) is 6.83. The molecule has 0 aromatic carbocycles. The SMILES string of the molecule is CCCCCC/C=C\C/C=C\CCCCCCCCCC(=O)OCC(COP(=O)(O)OCC(N)C(=O)O)OC(=O)CCCCCCCCCCC/C=C\C/C=C\CCCCCCC. The van der Waals surface area contributed by atoms with E-state index in [-0.39, 0.29) is 19.4 Å². The molecule has 0 rings (SSSR count). The molecular formula is C51H92NO10P. The Hall–Kier alpha value is -2.56. The van der Waals surface area contributed by atoms with Crippen LogP contribution in [-0.4, -0.2) is 59.9 Å². The molecular weight excluding hydrogens is 818 g/mol. The normalized spacial score (nSPS) is 14.0. The summed E-state index contributed by atoms with van der Waals surface area (Å²) in [5.74, 6) is -2.39. The van der Waals surface area contributed by atoms with Crippen molar-refractivity contribution in [3.63, 3.8) is 0 Å². The van der Waals surface area contributed by atoms with Gasteiger partial charge in [0.05, 0.1) is 13.2 Å². The fourth-order valence-corrected chi connectivity index (χ4v) is 7.61. The van der Waals surface area contributed by atoms with Gasteiger partial charge in [0.15, 0.2) is 6.10 Å². The molecule has 0 aromatic heterocycles. The van der Waals surface area contributed by atoms with Gasteiger partial charge >= 0.3 is 25.7 Å². The number of ether oxygens (including phenoxy) is 2. The summed E-state index contributed by atoms with van der Waals surface area (Å²) in [5, 5.41) is 8.92. The minimum Gasteiger partial charge on any atom is -0.480 e. The first-order chi connectivity index (χ1) is 30.6. The Morgan fingerprint density at radius 1 is 0.492 bits per heavy atom. The van der Waals surface area contributed by atoms with E-state index in [1.807, 2.05) is 0 Å². The molecule has 11 nitrogen and oxygen atoms in total. The average Bonchev–Trinajstić information content (AvgIpc) is 3.26. The number of carbonyl (C=O) groups is 3. The standard InChI is InChI=1S/C51H92NO10P/c1-3-5-7-9-11-13-15-17-19-21-23-24-25-27-29-31-33-35-37-39-41-43-50(54)62-47(45-60-63(57,58)61-46-48(52)51(55)56)44-59-49(53)42-40-38-36-34-32-30-28-26-22-20-18-16-14-12-10-8-6-4-2/h14-17,20-23,47-48H,3-13,18-19,24-46,52H2,1-2H3,(H,55,56)(H,57,58)/b16-14-,17-15-,22-20-,23-21-. The van der Waals surface area contributed by atoms with Gasteiger partial charge in [-0.2, -0.15) is 0 Å². The van der Waals surface area contributed by atoms with Gasteiger partial charge in [0.25, 0.3) is 0 Å². The van der Waals surface area contributed by atoms with E-state index in [2.05, 4.69) is 67.0 Å². The molecule has 0 spiro atoms. The molecule has 12 heteroatoms. The Balaban J connectivity index is 4.28. The highest BCUT2D eigenvalue weighted by molar-refractivity contribution is 7.47. The van der Waals surface area contributed by atoms with Crippen molar-refractivity contribution < 1.29 is 47.5 Å². The molecule has 0 aliphatic heterocycles. The minimum atomic E-state index is -4.73. The number of phosphoric acid groups is 1. The molecule has 0 aromatic rings. The molecule has 3 unspecified atom stereocenters. The van der Waals surface area contributed by atoms with E-state index in [1.165, 1.54) is 122 Å². The van der Waals surface area contributed by atoms with Gasteiger partial charge in [-0.15, -0.1) is 0 Å². The lowest BCUT2D eigenvalue weighted by atomic mass is 10.1. The van der Waals surface area contributed by atoms with E-state index >= 15 is 0 Å². The van der Waals surface area contributed by atoms with Crippen LogP contribution in [0.25, 0.3) is 0 Å². The first-order valence-electron chi connectivity index (χ1n) is 25.2. The Labute approximate surface area is 384 Å². The molecule has 0 aliphatic rings. The molecule has 0 radical (unpaired) electrons. The number of nitrogens with two attached hydrogens (primary N) is 1. The molecule has 0 saturated heterocycles. The van der Waals surface area contributed by atoms with Crippen molar-refractivity contribution in [3.8, 4) is 0 Å². The Kier molecular flexibility index (Phi) is 44.1. The summed E-state index contributed by atoms with van der Waals surface area (Å²) in [4.78, 5) is 46.2. The quantitative estimate of drug-likeness (QED) is 0.0230. The first kappa shape index (κ1) is 60.4. The number of carboxylic acid groups (broad SMARTS) is 1. The molecule has 366 valence electrons. The van der Waals surface area contributed by atoms with Crippen LogP contribution in [0.1, 0.15) is 226 Å². The van der Waals surface area contributed by atoms with Crippen LogP contribution in [0, 0.1) is 0 Å². The second-order valence-electron chi connectivity index (χ2n) is 16.9. The third-order valence-corrected chi connectivity index (χ3v) is 11.8. The van der Waals surface area contributed by atoms with Crippen LogP contribution < -0.4 is 5.73 Å². The lowest BCUT2D eigenvalue weighted by Crippen LogP contribution is -2.34. The number of esters is 2.